The van der Waals surface area contributed by atoms with E-state index in [-0.39, 0.29) is 11.4 Å². The minimum Gasteiger partial charge on any atom is -0.402 e. The maximum atomic E-state index is 12.0. The van der Waals surface area contributed by atoms with Gasteiger partial charge in [0.1, 0.15) is 0 Å². The van der Waals surface area contributed by atoms with Crippen LogP contribution >= 0.6 is 0 Å². The van der Waals surface area contributed by atoms with Gasteiger partial charge >= 0.3 is 6.36 Å². The molecule has 0 amide bonds. The van der Waals surface area contributed by atoms with Crippen LogP contribution in [0, 0.1) is 6.92 Å². The molecule has 0 aliphatic rings. The first-order chi connectivity index (χ1) is 6.96. The van der Waals surface area contributed by atoms with Gasteiger partial charge in [0.2, 0.25) is 0 Å². The average molecular weight is 217 g/mol. The van der Waals surface area contributed by atoms with E-state index in [2.05, 4.69) is 14.8 Å². The first-order valence-corrected chi connectivity index (χ1v) is 4.02. The molecule has 15 heavy (non-hydrogen) atoms. The molecule has 80 valence electrons. The third-order valence-electron chi connectivity index (χ3n) is 1.67. The second-order valence-corrected chi connectivity index (χ2v) is 2.89. The first-order valence-electron chi connectivity index (χ1n) is 4.02. The zero-order valence-corrected chi connectivity index (χ0v) is 7.62. The predicted molar refractivity (Wildman–Crippen MR) is 44.4 cm³/mol. The second-order valence-electron chi connectivity index (χ2n) is 2.89. The minimum atomic E-state index is -4.72. The Balaban J connectivity index is 2.53. The fraction of sp³-hybridized carbons (Fsp3) is 0.250. The lowest BCUT2D eigenvalue weighted by atomic mass is 10.4. The SMILES string of the molecule is Cc1cc(OC(F)(F)F)c2nccn2n1. The summed E-state index contributed by atoms with van der Waals surface area (Å²) < 4.78 is 41.1. The monoisotopic (exact) mass is 217 g/mol. The number of nitrogens with zero attached hydrogens (tertiary/aromatic N) is 3. The van der Waals surface area contributed by atoms with Crippen LogP contribution in [0.25, 0.3) is 5.65 Å². The molecule has 7 heteroatoms. The number of imidazole rings is 1. The van der Waals surface area contributed by atoms with Gasteiger partial charge < -0.3 is 4.74 Å². The molecule has 4 nitrogen and oxygen atoms in total. The summed E-state index contributed by atoms with van der Waals surface area (Å²) in [6, 6.07) is 1.19. The zero-order valence-electron chi connectivity index (χ0n) is 7.62. The van der Waals surface area contributed by atoms with E-state index in [1.165, 1.54) is 23.0 Å². The lowest BCUT2D eigenvalue weighted by molar-refractivity contribution is -0.274. The summed E-state index contributed by atoms with van der Waals surface area (Å²) in [6.45, 7) is 1.57. The minimum absolute atomic E-state index is 0.0397. The molecule has 0 saturated heterocycles. The number of aryl methyl sites for hydroxylation is 1. The van der Waals surface area contributed by atoms with Gasteiger partial charge in [0.15, 0.2) is 11.4 Å². The second kappa shape index (κ2) is 3.11. The molecule has 0 aliphatic carbocycles. The van der Waals surface area contributed by atoms with Gasteiger partial charge in [-0.05, 0) is 6.92 Å². The van der Waals surface area contributed by atoms with Crippen LogP contribution in [0.15, 0.2) is 18.5 Å². The molecule has 2 aromatic rings. The van der Waals surface area contributed by atoms with Crippen molar-refractivity contribution in [3.63, 3.8) is 0 Å². The lowest BCUT2D eigenvalue weighted by Crippen LogP contribution is -2.18. The summed E-state index contributed by atoms with van der Waals surface area (Å²) in [7, 11) is 0. The van der Waals surface area contributed by atoms with Crippen LogP contribution in [0.4, 0.5) is 13.2 Å². The maximum Gasteiger partial charge on any atom is 0.573 e. The molecule has 0 radical (unpaired) electrons. The summed E-state index contributed by atoms with van der Waals surface area (Å²) in [5.74, 6) is -0.347. The van der Waals surface area contributed by atoms with Crippen molar-refractivity contribution in [2.45, 2.75) is 13.3 Å². The van der Waals surface area contributed by atoms with Crippen LogP contribution in [0.3, 0.4) is 0 Å². The fourth-order valence-electron chi connectivity index (χ4n) is 1.21. The van der Waals surface area contributed by atoms with E-state index in [4.69, 9.17) is 0 Å². The molecular weight excluding hydrogens is 211 g/mol. The van der Waals surface area contributed by atoms with Crippen molar-refractivity contribution in [2.75, 3.05) is 0 Å². The Hall–Kier alpha value is -1.79. The van der Waals surface area contributed by atoms with Gasteiger partial charge in [0.25, 0.3) is 0 Å². The Labute approximate surface area is 82.3 Å². The van der Waals surface area contributed by atoms with E-state index in [0.29, 0.717) is 5.69 Å². The van der Waals surface area contributed by atoms with Crippen molar-refractivity contribution < 1.29 is 17.9 Å². The number of hydrogen-bond donors (Lipinski definition) is 0. The smallest absolute Gasteiger partial charge is 0.402 e. The molecular formula is C8H6F3N3O. The highest BCUT2D eigenvalue weighted by molar-refractivity contribution is 5.52. The molecule has 2 heterocycles. The Morgan fingerprint density at radius 1 is 1.40 bits per heavy atom. The highest BCUT2D eigenvalue weighted by Crippen LogP contribution is 2.26. The van der Waals surface area contributed by atoms with Crippen molar-refractivity contribution in [2.24, 2.45) is 0 Å². The standard InChI is InChI=1S/C8H6F3N3O/c1-5-4-6(15-8(9,10)11)7-12-2-3-14(7)13-5/h2-4H,1H3. The van der Waals surface area contributed by atoms with Crippen molar-refractivity contribution in [1.82, 2.24) is 14.6 Å². The summed E-state index contributed by atoms with van der Waals surface area (Å²) >= 11 is 0. The fourth-order valence-corrected chi connectivity index (χ4v) is 1.21. The van der Waals surface area contributed by atoms with Gasteiger partial charge in [-0.15, -0.1) is 13.2 Å². The van der Waals surface area contributed by atoms with Crippen LogP contribution in [0.2, 0.25) is 0 Å². The highest BCUT2D eigenvalue weighted by atomic mass is 19.4. The van der Waals surface area contributed by atoms with Gasteiger partial charge in [0, 0.05) is 18.5 Å². The topological polar surface area (TPSA) is 39.4 Å². The average Bonchev–Trinajstić information content (AvgIpc) is 2.48. The van der Waals surface area contributed by atoms with Crippen molar-refractivity contribution in [3.05, 3.63) is 24.2 Å². The van der Waals surface area contributed by atoms with Gasteiger partial charge in [0.05, 0.1) is 5.69 Å². The molecule has 0 fully saturated rings. The molecule has 0 N–H and O–H groups in total. The van der Waals surface area contributed by atoms with Crippen molar-refractivity contribution >= 4 is 5.65 Å². The summed E-state index contributed by atoms with van der Waals surface area (Å²) in [6.07, 6.45) is -1.92. The quantitative estimate of drug-likeness (QED) is 0.732. The van der Waals surface area contributed by atoms with E-state index in [1.807, 2.05) is 0 Å². The molecule has 0 bridgehead atoms. The van der Waals surface area contributed by atoms with E-state index in [0.717, 1.165) is 0 Å². The molecule has 0 saturated carbocycles. The third-order valence-corrected chi connectivity index (χ3v) is 1.67. The van der Waals surface area contributed by atoms with Crippen LogP contribution in [-0.4, -0.2) is 21.0 Å². The zero-order chi connectivity index (χ0) is 11.1. The van der Waals surface area contributed by atoms with E-state index >= 15 is 0 Å². The van der Waals surface area contributed by atoms with Crippen molar-refractivity contribution in [3.8, 4) is 5.75 Å². The molecule has 0 aliphatic heterocycles. The predicted octanol–water partition coefficient (Wildman–Crippen LogP) is 1.94. The molecule has 2 aromatic heterocycles. The van der Waals surface area contributed by atoms with Crippen LogP contribution in [0.1, 0.15) is 5.69 Å². The number of aromatic nitrogens is 3. The van der Waals surface area contributed by atoms with Gasteiger partial charge in [-0.25, -0.2) is 9.50 Å². The van der Waals surface area contributed by atoms with Gasteiger partial charge in [-0.3, -0.25) is 0 Å². The van der Waals surface area contributed by atoms with E-state index in [1.54, 1.807) is 6.92 Å². The van der Waals surface area contributed by atoms with Crippen LogP contribution in [0.5, 0.6) is 5.75 Å². The number of fused-ring (bicyclic) bond motifs is 1. The number of alkyl halides is 3. The molecule has 0 aromatic carbocycles. The van der Waals surface area contributed by atoms with Crippen LogP contribution < -0.4 is 4.74 Å². The molecule has 0 atom stereocenters. The summed E-state index contributed by atoms with van der Waals surface area (Å²) in [5, 5.41) is 3.93. The van der Waals surface area contributed by atoms with Gasteiger partial charge in [-0.2, -0.15) is 5.10 Å². The summed E-state index contributed by atoms with van der Waals surface area (Å²) in [4.78, 5) is 3.72. The van der Waals surface area contributed by atoms with Gasteiger partial charge in [-0.1, -0.05) is 0 Å². The number of hydrogen-bond acceptors (Lipinski definition) is 3. The molecule has 0 spiro atoms. The Kier molecular flexibility index (Phi) is 2.02. The number of ether oxygens (including phenoxy) is 1. The normalized spacial score (nSPS) is 12.0. The number of rotatable bonds is 1. The van der Waals surface area contributed by atoms with Crippen molar-refractivity contribution in [1.29, 1.82) is 0 Å². The maximum absolute atomic E-state index is 12.0. The third kappa shape index (κ3) is 2.00. The Morgan fingerprint density at radius 3 is 2.80 bits per heavy atom. The highest BCUT2D eigenvalue weighted by Gasteiger charge is 2.32. The first kappa shape index (κ1) is 9.75. The number of halogens is 3. The summed E-state index contributed by atoms with van der Waals surface area (Å²) in [5.41, 5.74) is 0.456. The Morgan fingerprint density at radius 2 is 2.13 bits per heavy atom. The molecule has 2 rings (SSSR count). The Bertz CT molecular complexity index is 491. The van der Waals surface area contributed by atoms with E-state index in [9.17, 15) is 13.2 Å². The van der Waals surface area contributed by atoms with E-state index < -0.39 is 6.36 Å². The molecule has 0 unspecified atom stereocenters. The lowest BCUT2D eigenvalue weighted by Gasteiger charge is -2.09. The van der Waals surface area contributed by atoms with Crippen LogP contribution in [-0.2, 0) is 0 Å². The largest absolute Gasteiger partial charge is 0.573 e.